The van der Waals surface area contributed by atoms with Gasteiger partial charge in [0.1, 0.15) is 0 Å². The molecule has 1 heterocycles. The molecule has 0 amide bonds. The van der Waals surface area contributed by atoms with Gasteiger partial charge < -0.3 is 25.2 Å². The topological polar surface area (TPSA) is 90.2 Å². The predicted molar refractivity (Wildman–Crippen MR) is 64.3 cm³/mol. The lowest BCUT2D eigenvalue weighted by atomic mass is 9.97. The van der Waals surface area contributed by atoms with Gasteiger partial charge in [0, 0.05) is 20.8 Å². The molecule has 0 aromatic rings. The minimum absolute atomic E-state index is 0.250. The van der Waals surface area contributed by atoms with Gasteiger partial charge in [-0.15, -0.1) is 0 Å². The average Bonchev–Trinajstić information content (AvgIpc) is 2.29. The third-order valence-electron chi connectivity index (χ3n) is 1.77. The van der Waals surface area contributed by atoms with Crippen molar-refractivity contribution in [1.82, 2.24) is 0 Å². The van der Waals surface area contributed by atoms with E-state index in [9.17, 15) is 5.11 Å². The second-order valence-corrected chi connectivity index (χ2v) is 3.47. The van der Waals surface area contributed by atoms with Gasteiger partial charge in [0.15, 0.2) is 0 Å². The molecule has 0 saturated carbocycles. The molecule has 0 aromatic heterocycles. The second-order valence-electron chi connectivity index (χ2n) is 3.47. The fourth-order valence-electron chi connectivity index (χ4n) is 0.992. The fourth-order valence-corrected chi connectivity index (χ4v) is 0.992. The summed E-state index contributed by atoms with van der Waals surface area (Å²) in [7, 11) is 2.00. The zero-order valence-corrected chi connectivity index (χ0v) is 11.1. The Morgan fingerprint density at radius 1 is 1.25 bits per heavy atom. The second kappa shape index (κ2) is 14.8. The van der Waals surface area contributed by atoms with Gasteiger partial charge in [-0.3, -0.25) is 0 Å². The van der Waals surface area contributed by atoms with Gasteiger partial charge in [-0.25, -0.2) is 0 Å². The Balaban J connectivity index is -0.000000206. The van der Waals surface area contributed by atoms with E-state index < -0.39 is 5.60 Å². The molecule has 2 unspecified atom stereocenters. The Morgan fingerprint density at radius 3 is 1.81 bits per heavy atom. The van der Waals surface area contributed by atoms with E-state index in [0.717, 1.165) is 27.1 Å². The van der Waals surface area contributed by atoms with Crippen molar-refractivity contribution in [3.63, 3.8) is 0 Å². The maximum Gasteiger partial charge on any atom is 0.0853 e. The van der Waals surface area contributed by atoms with Crippen LogP contribution in [0.2, 0.25) is 0 Å². The monoisotopic (exact) mass is 240 g/mol. The van der Waals surface area contributed by atoms with Crippen LogP contribution in [0, 0.1) is 0 Å². The standard InChI is InChI=1S/C7H14O2.C2H6O.2CH4O/c1-6-3-4-7(2,8)5-9-6;1-2-3;2*1-2/h6,8H,3-5H2,1-2H3;3H,2H2,1H3;2*2H,1H3. The molecule has 16 heavy (non-hydrogen) atoms. The Morgan fingerprint density at radius 2 is 1.62 bits per heavy atom. The number of aliphatic hydroxyl groups excluding tert-OH is 3. The summed E-state index contributed by atoms with van der Waals surface area (Å²) >= 11 is 0. The minimum Gasteiger partial charge on any atom is -0.400 e. The smallest absolute Gasteiger partial charge is 0.0853 e. The summed E-state index contributed by atoms with van der Waals surface area (Å²) in [5.74, 6) is 0. The van der Waals surface area contributed by atoms with E-state index in [-0.39, 0.29) is 6.61 Å². The molecular weight excluding hydrogens is 212 g/mol. The summed E-state index contributed by atoms with van der Waals surface area (Å²) in [6.07, 6.45) is 2.19. The van der Waals surface area contributed by atoms with Crippen molar-refractivity contribution in [3.8, 4) is 0 Å². The van der Waals surface area contributed by atoms with Crippen LogP contribution in [0.5, 0.6) is 0 Å². The van der Waals surface area contributed by atoms with Crippen molar-refractivity contribution >= 4 is 0 Å². The zero-order chi connectivity index (χ0) is 13.6. The molecule has 4 N–H and O–H groups in total. The highest BCUT2D eigenvalue weighted by molar-refractivity contribution is 4.77. The lowest BCUT2D eigenvalue weighted by Gasteiger charge is -2.31. The van der Waals surface area contributed by atoms with Gasteiger partial charge in [-0.2, -0.15) is 0 Å². The molecule has 0 spiro atoms. The van der Waals surface area contributed by atoms with Crippen LogP contribution in [0.4, 0.5) is 0 Å². The quantitative estimate of drug-likeness (QED) is 0.484. The predicted octanol–water partition coefficient (Wildman–Crippen LogP) is 0.152. The Hall–Kier alpha value is -0.200. The number of hydrogen-bond acceptors (Lipinski definition) is 5. The van der Waals surface area contributed by atoms with Gasteiger partial charge in [-0.05, 0) is 33.6 Å². The van der Waals surface area contributed by atoms with E-state index in [1.54, 1.807) is 6.92 Å². The molecule has 1 aliphatic heterocycles. The van der Waals surface area contributed by atoms with Gasteiger partial charge in [0.25, 0.3) is 0 Å². The van der Waals surface area contributed by atoms with E-state index in [0.29, 0.717) is 12.7 Å². The highest BCUT2D eigenvalue weighted by Crippen LogP contribution is 2.21. The van der Waals surface area contributed by atoms with Crippen LogP contribution in [0.3, 0.4) is 0 Å². The molecule has 5 heteroatoms. The van der Waals surface area contributed by atoms with Crippen LogP contribution in [-0.2, 0) is 4.74 Å². The lowest BCUT2D eigenvalue weighted by Crippen LogP contribution is -2.37. The molecule has 0 radical (unpaired) electrons. The molecule has 0 aromatic carbocycles. The number of hydrogen-bond donors (Lipinski definition) is 4. The SMILES string of the molecule is CC1CCC(C)(O)CO1.CCO.CO.CO. The first-order valence-corrected chi connectivity index (χ1v) is 5.36. The molecule has 5 nitrogen and oxygen atoms in total. The van der Waals surface area contributed by atoms with Crippen molar-refractivity contribution < 1.29 is 25.2 Å². The van der Waals surface area contributed by atoms with E-state index >= 15 is 0 Å². The maximum atomic E-state index is 9.37. The lowest BCUT2D eigenvalue weighted by molar-refractivity contribution is -0.103. The number of aliphatic hydroxyl groups is 4. The highest BCUT2D eigenvalue weighted by atomic mass is 16.5. The van der Waals surface area contributed by atoms with Crippen LogP contribution in [0.15, 0.2) is 0 Å². The summed E-state index contributed by atoms with van der Waals surface area (Å²) < 4.78 is 5.24. The van der Waals surface area contributed by atoms with Crippen molar-refractivity contribution in [1.29, 1.82) is 0 Å². The van der Waals surface area contributed by atoms with E-state index in [1.165, 1.54) is 0 Å². The molecule has 1 rings (SSSR count). The fraction of sp³-hybridized carbons (Fsp3) is 1.00. The van der Waals surface area contributed by atoms with E-state index in [4.69, 9.17) is 20.1 Å². The first-order valence-electron chi connectivity index (χ1n) is 5.36. The molecule has 1 fully saturated rings. The number of rotatable bonds is 0. The maximum absolute atomic E-state index is 9.37. The molecule has 0 aliphatic carbocycles. The van der Waals surface area contributed by atoms with E-state index in [1.807, 2.05) is 13.8 Å². The largest absolute Gasteiger partial charge is 0.400 e. The third-order valence-corrected chi connectivity index (χ3v) is 1.77. The molecule has 1 aliphatic rings. The molecule has 0 bridgehead atoms. The Bertz CT molecular complexity index is 107. The third kappa shape index (κ3) is 16.2. The van der Waals surface area contributed by atoms with E-state index in [2.05, 4.69) is 0 Å². The first-order chi connectivity index (χ1) is 7.52. The van der Waals surface area contributed by atoms with Crippen LogP contribution in [0.1, 0.15) is 33.6 Å². The van der Waals surface area contributed by atoms with Crippen molar-refractivity contribution in [3.05, 3.63) is 0 Å². The van der Waals surface area contributed by atoms with Gasteiger partial charge in [0.2, 0.25) is 0 Å². The summed E-state index contributed by atoms with van der Waals surface area (Å²) in [5.41, 5.74) is -0.563. The molecular formula is C11H28O5. The number of ether oxygens (including phenoxy) is 1. The van der Waals surface area contributed by atoms with Crippen LogP contribution >= 0.6 is 0 Å². The summed E-state index contributed by atoms with van der Waals surface area (Å²) in [5, 5.41) is 30.9. The van der Waals surface area contributed by atoms with Crippen LogP contribution in [0.25, 0.3) is 0 Å². The van der Waals surface area contributed by atoms with Crippen molar-refractivity contribution in [2.45, 2.75) is 45.3 Å². The minimum atomic E-state index is -0.563. The summed E-state index contributed by atoms with van der Waals surface area (Å²) in [4.78, 5) is 0. The normalized spacial score (nSPS) is 27.2. The van der Waals surface area contributed by atoms with Crippen molar-refractivity contribution in [2.75, 3.05) is 27.4 Å². The summed E-state index contributed by atoms with van der Waals surface area (Å²) in [6.45, 7) is 6.28. The van der Waals surface area contributed by atoms with Crippen LogP contribution < -0.4 is 0 Å². The molecule has 2 atom stereocenters. The summed E-state index contributed by atoms with van der Waals surface area (Å²) in [6, 6.07) is 0. The average molecular weight is 240 g/mol. The van der Waals surface area contributed by atoms with Crippen LogP contribution in [-0.4, -0.2) is 59.6 Å². The zero-order valence-electron chi connectivity index (χ0n) is 11.1. The van der Waals surface area contributed by atoms with Gasteiger partial charge in [-0.1, -0.05) is 0 Å². The molecule has 1 saturated heterocycles. The van der Waals surface area contributed by atoms with Gasteiger partial charge in [0.05, 0.1) is 18.3 Å². The van der Waals surface area contributed by atoms with Gasteiger partial charge >= 0.3 is 0 Å². The Labute approximate surface area is 98.7 Å². The van der Waals surface area contributed by atoms with Crippen molar-refractivity contribution in [2.24, 2.45) is 0 Å². The first kappa shape index (κ1) is 21.1. The highest BCUT2D eigenvalue weighted by Gasteiger charge is 2.26. The molecule has 102 valence electrons. The Kier molecular flexibility index (Phi) is 19.5.